The van der Waals surface area contributed by atoms with Gasteiger partial charge in [-0.15, -0.1) is 0 Å². The van der Waals surface area contributed by atoms with Crippen LogP contribution < -0.4 is 9.64 Å². The van der Waals surface area contributed by atoms with Crippen molar-refractivity contribution >= 4 is 17.5 Å². The zero-order valence-corrected chi connectivity index (χ0v) is 14.5. The van der Waals surface area contributed by atoms with Crippen LogP contribution in [0, 0.1) is 6.92 Å². The van der Waals surface area contributed by atoms with Crippen molar-refractivity contribution in [3.8, 4) is 5.75 Å². The third-order valence-electron chi connectivity index (χ3n) is 4.78. The summed E-state index contributed by atoms with van der Waals surface area (Å²) in [5.41, 5.74) is 2.67. The molecule has 0 N–H and O–H groups in total. The summed E-state index contributed by atoms with van der Waals surface area (Å²) in [6.45, 7) is 2.44. The van der Waals surface area contributed by atoms with E-state index in [9.17, 15) is 9.59 Å². The molecule has 0 aromatic heterocycles. The Morgan fingerprint density at radius 3 is 2.46 bits per heavy atom. The molecule has 0 aliphatic carbocycles. The second-order valence-electron chi connectivity index (χ2n) is 6.33. The zero-order chi connectivity index (χ0) is 18.3. The number of benzene rings is 2. The van der Waals surface area contributed by atoms with Crippen LogP contribution in [0.3, 0.4) is 0 Å². The normalized spacial score (nSPS) is 21.5. The molecule has 2 aromatic rings. The van der Waals surface area contributed by atoms with Crippen LogP contribution >= 0.6 is 0 Å². The molecule has 0 saturated carbocycles. The van der Waals surface area contributed by atoms with E-state index in [1.165, 1.54) is 4.90 Å². The lowest BCUT2D eigenvalue weighted by Crippen LogP contribution is -2.39. The smallest absolute Gasteiger partial charge is 0.263 e. The number of imide groups is 1. The lowest BCUT2D eigenvalue weighted by molar-refractivity contribution is -0.123. The Kier molecular flexibility index (Phi) is 3.91. The standard InChI is InChI=1S/C19H18N4O3/c1-12-5-3-4-6-13(12)11-22-17-16(20-21-22)18(24)23(19(17)25)14-7-9-15(26-2)10-8-14/h3-10,16-17H,11H2,1-2H3/t16-,17+/m0/s1. The molecule has 0 unspecified atom stereocenters. The van der Waals surface area contributed by atoms with Crippen LogP contribution in [0.4, 0.5) is 5.69 Å². The molecule has 2 aliphatic heterocycles. The molecule has 1 saturated heterocycles. The van der Waals surface area contributed by atoms with Gasteiger partial charge in [0, 0.05) is 0 Å². The average Bonchev–Trinajstić information content (AvgIpc) is 3.17. The summed E-state index contributed by atoms with van der Waals surface area (Å²) in [7, 11) is 1.56. The van der Waals surface area contributed by atoms with Gasteiger partial charge < -0.3 is 4.74 Å². The Bertz CT molecular complexity index is 894. The number of amides is 2. The molecule has 132 valence electrons. The van der Waals surface area contributed by atoms with Crippen molar-refractivity contribution < 1.29 is 14.3 Å². The quantitative estimate of drug-likeness (QED) is 0.794. The number of carbonyl (C=O) groups excluding carboxylic acids is 2. The first-order valence-electron chi connectivity index (χ1n) is 8.34. The summed E-state index contributed by atoms with van der Waals surface area (Å²) in [6, 6.07) is 13.2. The number of anilines is 1. The summed E-state index contributed by atoms with van der Waals surface area (Å²) in [5.74, 6) is 0.0128. The number of hydrogen-bond acceptors (Lipinski definition) is 6. The van der Waals surface area contributed by atoms with Crippen LogP contribution in [0.5, 0.6) is 5.75 Å². The number of rotatable bonds is 4. The van der Waals surface area contributed by atoms with E-state index in [0.717, 1.165) is 11.1 Å². The van der Waals surface area contributed by atoms with E-state index in [1.807, 2.05) is 31.2 Å². The number of ether oxygens (including phenoxy) is 1. The Morgan fingerprint density at radius 2 is 1.77 bits per heavy atom. The minimum Gasteiger partial charge on any atom is -0.497 e. The largest absolute Gasteiger partial charge is 0.497 e. The first kappa shape index (κ1) is 16.3. The first-order chi connectivity index (χ1) is 12.6. The summed E-state index contributed by atoms with van der Waals surface area (Å²) in [6.07, 6.45) is 0. The van der Waals surface area contributed by atoms with Gasteiger partial charge in [-0.1, -0.05) is 29.5 Å². The maximum atomic E-state index is 13.0. The molecule has 2 amide bonds. The summed E-state index contributed by atoms with van der Waals surface area (Å²) in [5, 5.41) is 9.75. The summed E-state index contributed by atoms with van der Waals surface area (Å²) in [4.78, 5) is 26.9. The number of fused-ring (bicyclic) bond motifs is 1. The van der Waals surface area contributed by atoms with Crippen LogP contribution in [0.25, 0.3) is 0 Å². The Morgan fingerprint density at radius 1 is 1.04 bits per heavy atom. The lowest BCUT2D eigenvalue weighted by atomic mass is 10.1. The highest BCUT2D eigenvalue weighted by atomic mass is 16.5. The van der Waals surface area contributed by atoms with Gasteiger partial charge in [-0.05, 0) is 42.3 Å². The monoisotopic (exact) mass is 350 g/mol. The molecule has 2 heterocycles. The number of methoxy groups -OCH3 is 1. The molecule has 7 heteroatoms. The predicted octanol–water partition coefficient (Wildman–Crippen LogP) is 2.50. The molecule has 1 fully saturated rings. The van der Waals surface area contributed by atoms with Gasteiger partial charge in [-0.2, -0.15) is 5.11 Å². The van der Waals surface area contributed by atoms with Crippen molar-refractivity contribution in [3.63, 3.8) is 0 Å². The molecular weight excluding hydrogens is 332 g/mol. The molecule has 2 aromatic carbocycles. The minimum absolute atomic E-state index is 0.302. The van der Waals surface area contributed by atoms with Crippen LogP contribution in [-0.2, 0) is 16.1 Å². The van der Waals surface area contributed by atoms with Gasteiger partial charge in [0.1, 0.15) is 5.75 Å². The van der Waals surface area contributed by atoms with E-state index in [2.05, 4.69) is 10.3 Å². The van der Waals surface area contributed by atoms with Crippen molar-refractivity contribution in [1.82, 2.24) is 5.01 Å². The molecule has 7 nitrogen and oxygen atoms in total. The lowest BCUT2D eigenvalue weighted by Gasteiger charge is -2.21. The highest BCUT2D eigenvalue weighted by Gasteiger charge is 2.54. The van der Waals surface area contributed by atoms with E-state index in [4.69, 9.17) is 4.74 Å². The Hall–Kier alpha value is -3.22. The van der Waals surface area contributed by atoms with E-state index >= 15 is 0 Å². The molecular formula is C19H18N4O3. The molecule has 26 heavy (non-hydrogen) atoms. The molecule has 2 atom stereocenters. The minimum atomic E-state index is -0.784. The third-order valence-corrected chi connectivity index (χ3v) is 4.78. The summed E-state index contributed by atoms with van der Waals surface area (Å²) < 4.78 is 5.12. The second kappa shape index (κ2) is 6.25. The first-order valence-corrected chi connectivity index (χ1v) is 8.34. The number of aryl methyl sites for hydroxylation is 1. The van der Waals surface area contributed by atoms with Gasteiger partial charge in [0.2, 0.25) is 0 Å². The van der Waals surface area contributed by atoms with Crippen LogP contribution in [0.2, 0.25) is 0 Å². The Labute approximate surface area is 150 Å². The number of nitrogens with zero attached hydrogens (tertiary/aromatic N) is 4. The zero-order valence-electron chi connectivity index (χ0n) is 14.5. The van der Waals surface area contributed by atoms with E-state index in [-0.39, 0.29) is 11.8 Å². The fourth-order valence-electron chi connectivity index (χ4n) is 3.30. The predicted molar refractivity (Wildman–Crippen MR) is 94.6 cm³/mol. The average molecular weight is 350 g/mol. The fraction of sp³-hybridized carbons (Fsp3) is 0.263. The van der Waals surface area contributed by atoms with Gasteiger partial charge in [0.25, 0.3) is 11.8 Å². The van der Waals surface area contributed by atoms with Crippen LogP contribution in [0.1, 0.15) is 11.1 Å². The van der Waals surface area contributed by atoms with Crippen molar-refractivity contribution in [2.24, 2.45) is 10.3 Å². The SMILES string of the molecule is COc1ccc(N2C(=O)[C@H]3N=NN(Cc4ccccc4C)[C@H]3C2=O)cc1. The molecule has 0 radical (unpaired) electrons. The van der Waals surface area contributed by atoms with Gasteiger partial charge in [0.15, 0.2) is 12.1 Å². The van der Waals surface area contributed by atoms with Crippen molar-refractivity contribution in [2.75, 3.05) is 12.0 Å². The number of hydrogen-bond donors (Lipinski definition) is 0. The van der Waals surface area contributed by atoms with Crippen molar-refractivity contribution in [3.05, 3.63) is 59.7 Å². The van der Waals surface area contributed by atoms with E-state index < -0.39 is 12.1 Å². The van der Waals surface area contributed by atoms with Gasteiger partial charge in [-0.3, -0.25) is 14.6 Å². The van der Waals surface area contributed by atoms with Crippen LogP contribution in [0.15, 0.2) is 58.9 Å². The molecule has 0 spiro atoms. The topological polar surface area (TPSA) is 74.6 Å². The van der Waals surface area contributed by atoms with E-state index in [1.54, 1.807) is 36.4 Å². The van der Waals surface area contributed by atoms with Crippen molar-refractivity contribution in [2.45, 2.75) is 25.6 Å². The molecule has 2 aliphatic rings. The second-order valence-corrected chi connectivity index (χ2v) is 6.33. The third kappa shape index (κ3) is 2.52. The van der Waals surface area contributed by atoms with Crippen LogP contribution in [-0.4, -0.2) is 36.0 Å². The molecule has 0 bridgehead atoms. The summed E-state index contributed by atoms with van der Waals surface area (Å²) >= 11 is 0. The van der Waals surface area contributed by atoms with Gasteiger partial charge in [-0.25, -0.2) is 4.90 Å². The fourth-order valence-corrected chi connectivity index (χ4v) is 3.30. The maximum absolute atomic E-state index is 13.0. The highest BCUT2D eigenvalue weighted by Crippen LogP contribution is 2.33. The van der Waals surface area contributed by atoms with Gasteiger partial charge >= 0.3 is 0 Å². The van der Waals surface area contributed by atoms with Gasteiger partial charge in [0.05, 0.1) is 19.3 Å². The molecule has 4 rings (SSSR count). The number of carbonyl (C=O) groups is 2. The van der Waals surface area contributed by atoms with E-state index in [0.29, 0.717) is 18.0 Å². The highest BCUT2D eigenvalue weighted by molar-refractivity contribution is 6.25. The maximum Gasteiger partial charge on any atom is 0.263 e. The van der Waals surface area contributed by atoms with Crippen molar-refractivity contribution in [1.29, 1.82) is 0 Å². The Balaban J connectivity index is 1.60.